The molecule has 3 aromatic rings. The number of nitrogens with zero attached hydrogens (tertiary/aromatic N) is 2. The van der Waals surface area contributed by atoms with E-state index in [1.165, 1.54) is 0 Å². The molecule has 3 N–H and O–H groups in total. The predicted octanol–water partition coefficient (Wildman–Crippen LogP) is 1.50. The number of anilines is 1. The van der Waals surface area contributed by atoms with Gasteiger partial charge in [-0.3, -0.25) is 0 Å². The molecule has 2 aliphatic heterocycles. The number of likely N-dealkylation sites (N-methyl/N-ethyl adjacent to an activating group) is 1. The minimum Gasteiger partial charge on any atom is -0.497 e. The van der Waals surface area contributed by atoms with Gasteiger partial charge >= 0.3 is 0 Å². The summed E-state index contributed by atoms with van der Waals surface area (Å²) in [5, 5.41) is 4.06. The van der Waals surface area contributed by atoms with Crippen LogP contribution in [0.25, 0.3) is 22.2 Å². The second-order valence-electron chi connectivity index (χ2n) is 8.24. The van der Waals surface area contributed by atoms with Crippen LogP contribution in [0.15, 0.2) is 48.5 Å². The molecule has 2 unspecified atom stereocenters. The maximum atomic E-state index is 11.8. The molecular formula is C23H27N5O4S. The minimum absolute atomic E-state index is 0.158. The molecule has 0 amide bonds. The Balaban J connectivity index is 1.50. The first-order valence-electron chi connectivity index (χ1n) is 10.9. The van der Waals surface area contributed by atoms with Crippen LogP contribution in [0, 0.1) is 0 Å². The van der Waals surface area contributed by atoms with Gasteiger partial charge in [0.2, 0.25) is 0 Å². The second kappa shape index (κ2) is 8.79. The first kappa shape index (κ1) is 21.9. The number of hydrogen-bond donors (Lipinski definition) is 3. The summed E-state index contributed by atoms with van der Waals surface area (Å²) in [6.07, 6.45) is 0. The number of benzene rings is 2. The van der Waals surface area contributed by atoms with Crippen molar-refractivity contribution in [3.63, 3.8) is 0 Å². The Morgan fingerprint density at radius 2 is 1.76 bits per heavy atom. The standard InChI is InChI=1S/C23H27N5O4S/c1-24-9-10-32-16-5-3-15(4-6-16)19-12-23(18-8-7-17(31-2)11-20(18)25-19)28-13-21-22(14-28)27-33(29,30)26-21/h3-8,11-12,21-22,24,26-27H,9-10,13-14H2,1-2H3. The van der Waals surface area contributed by atoms with Crippen LogP contribution in [0.2, 0.25) is 0 Å². The van der Waals surface area contributed by atoms with Gasteiger partial charge in [0.1, 0.15) is 18.1 Å². The van der Waals surface area contributed by atoms with E-state index in [4.69, 9.17) is 14.5 Å². The molecule has 9 nitrogen and oxygen atoms in total. The normalized spacial score (nSPS) is 21.3. The van der Waals surface area contributed by atoms with Crippen LogP contribution >= 0.6 is 0 Å². The number of aromatic nitrogens is 1. The molecule has 0 bridgehead atoms. The van der Waals surface area contributed by atoms with E-state index < -0.39 is 10.2 Å². The van der Waals surface area contributed by atoms with Crippen LogP contribution < -0.4 is 29.1 Å². The smallest absolute Gasteiger partial charge is 0.277 e. The van der Waals surface area contributed by atoms with E-state index in [2.05, 4.69) is 25.7 Å². The highest BCUT2D eigenvalue weighted by Crippen LogP contribution is 2.35. The van der Waals surface area contributed by atoms with E-state index >= 15 is 0 Å². The molecule has 174 valence electrons. The van der Waals surface area contributed by atoms with Crippen molar-refractivity contribution in [3.05, 3.63) is 48.5 Å². The van der Waals surface area contributed by atoms with Crippen LogP contribution in [0.1, 0.15) is 0 Å². The van der Waals surface area contributed by atoms with Gasteiger partial charge in [0.05, 0.1) is 30.4 Å². The number of methoxy groups -OCH3 is 1. The van der Waals surface area contributed by atoms with Crippen LogP contribution in [-0.4, -0.2) is 65.9 Å². The zero-order valence-electron chi connectivity index (χ0n) is 18.5. The van der Waals surface area contributed by atoms with Gasteiger partial charge < -0.3 is 19.7 Å². The van der Waals surface area contributed by atoms with Gasteiger partial charge in [0, 0.05) is 42.3 Å². The molecule has 10 heteroatoms. The van der Waals surface area contributed by atoms with E-state index in [1.54, 1.807) is 7.11 Å². The SMILES string of the molecule is CNCCOc1ccc(-c2cc(N3CC4NS(=O)(=O)NC4C3)c3ccc(OC)cc3n2)cc1. The maximum absolute atomic E-state index is 11.8. The Kier molecular flexibility index (Phi) is 5.83. The Hall–Kier alpha value is -2.92. The fourth-order valence-corrected chi connectivity index (χ4v) is 5.73. The number of nitrogens with one attached hydrogen (secondary N) is 3. The van der Waals surface area contributed by atoms with Crippen molar-refractivity contribution in [2.24, 2.45) is 0 Å². The van der Waals surface area contributed by atoms with Crippen LogP contribution in [-0.2, 0) is 10.2 Å². The number of rotatable bonds is 7. The summed E-state index contributed by atoms with van der Waals surface area (Å²) in [6, 6.07) is 15.5. The van der Waals surface area contributed by atoms with Crippen molar-refractivity contribution in [2.75, 3.05) is 45.3 Å². The second-order valence-corrected chi connectivity index (χ2v) is 9.72. The summed E-state index contributed by atoms with van der Waals surface area (Å²) < 4.78 is 40.2. The third kappa shape index (κ3) is 4.47. The molecule has 2 atom stereocenters. The van der Waals surface area contributed by atoms with Gasteiger partial charge in [0.15, 0.2) is 0 Å². The molecule has 3 heterocycles. The molecule has 2 aromatic carbocycles. The fourth-order valence-electron chi connectivity index (χ4n) is 4.39. The lowest BCUT2D eigenvalue weighted by atomic mass is 10.1. The number of hydrogen-bond acceptors (Lipinski definition) is 7. The Labute approximate surface area is 193 Å². The highest BCUT2D eigenvalue weighted by molar-refractivity contribution is 7.87. The molecule has 0 spiro atoms. The molecule has 0 radical (unpaired) electrons. The molecule has 0 aliphatic carbocycles. The molecule has 1 aromatic heterocycles. The first-order chi connectivity index (χ1) is 16.0. The third-order valence-electron chi connectivity index (χ3n) is 6.04. The zero-order valence-corrected chi connectivity index (χ0v) is 19.4. The summed E-state index contributed by atoms with van der Waals surface area (Å²) in [7, 11) is 0.131. The lowest BCUT2D eigenvalue weighted by molar-refractivity contribution is 0.318. The molecule has 2 aliphatic rings. The van der Waals surface area contributed by atoms with Crippen LogP contribution in [0.4, 0.5) is 5.69 Å². The lowest BCUT2D eigenvalue weighted by Gasteiger charge is -2.22. The third-order valence-corrected chi connectivity index (χ3v) is 7.27. The predicted molar refractivity (Wildman–Crippen MR) is 128 cm³/mol. The Morgan fingerprint density at radius 3 is 2.42 bits per heavy atom. The fraction of sp³-hybridized carbons (Fsp3) is 0.348. The molecule has 2 saturated heterocycles. The van der Waals surface area contributed by atoms with Crippen molar-refractivity contribution < 1.29 is 17.9 Å². The van der Waals surface area contributed by atoms with Gasteiger partial charge in [-0.1, -0.05) is 0 Å². The van der Waals surface area contributed by atoms with Crippen LogP contribution in [0.3, 0.4) is 0 Å². The van der Waals surface area contributed by atoms with Crippen molar-refractivity contribution in [2.45, 2.75) is 12.1 Å². The summed E-state index contributed by atoms with van der Waals surface area (Å²) in [4.78, 5) is 7.11. The highest BCUT2D eigenvalue weighted by atomic mass is 32.2. The van der Waals surface area contributed by atoms with Crippen molar-refractivity contribution in [1.82, 2.24) is 19.7 Å². The summed E-state index contributed by atoms with van der Waals surface area (Å²) in [5.41, 5.74) is 3.64. The average Bonchev–Trinajstić information content (AvgIpc) is 3.32. The summed E-state index contributed by atoms with van der Waals surface area (Å²) in [5.74, 6) is 1.54. The van der Waals surface area contributed by atoms with Gasteiger partial charge in [-0.15, -0.1) is 0 Å². The van der Waals surface area contributed by atoms with E-state index in [-0.39, 0.29) is 12.1 Å². The molecule has 0 saturated carbocycles. The van der Waals surface area contributed by atoms with Crippen molar-refractivity contribution in [3.8, 4) is 22.8 Å². The number of pyridine rings is 1. The zero-order chi connectivity index (χ0) is 23.0. The van der Waals surface area contributed by atoms with Gasteiger partial charge in [-0.25, -0.2) is 4.98 Å². The summed E-state index contributed by atoms with van der Waals surface area (Å²) >= 11 is 0. The Bertz CT molecular complexity index is 1250. The largest absolute Gasteiger partial charge is 0.497 e. The number of fused-ring (bicyclic) bond motifs is 2. The van der Waals surface area contributed by atoms with E-state index in [9.17, 15) is 8.42 Å². The quantitative estimate of drug-likeness (QED) is 0.451. The van der Waals surface area contributed by atoms with Crippen LogP contribution in [0.5, 0.6) is 11.5 Å². The molecule has 2 fully saturated rings. The molecule has 33 heavy (non-hydrogen) atoms. The van der Waals surface area contributed by atoms with E-state index in [1.807, 2.05) is 49.5 Å². The molecule has 5 rings (SSSR count). The molecular weight excluding hydrogens is 442 g/mol. The maximum Gasteiger partial charge on any atom is 0.277 e. The van der Waals surface area contributed by atoms with E-state index in [0.717, 1.165) is 45.9 Å². The Morgan fingerprint density at radius 1 is 1.06 bits per heavy atom. The van der Waals surface area contributed by atoms with Gasteiger partial charge in [-0.2, -0.15) is 17.9 Å². The van der Waals surface area contributed by atoms with Crippen molar-refractivity contribution >= 4 is 26.8 Å². The minimum atomic E-state index is -3.40. The monoisotopic (exact) mass is 469 g/mol. The summed E-state index contributed by atoms with van der Waals surface area (Å²) in [6.45, 7) is 2.55. The first-order valence-corrected chi connectivity index (χ1v) is 12.4. The van der Waals surface area contributed by atoms with E-state index in [0.29, 0.717) is 19.7 Å². The van der Waals surface area contributed by atoms with Gasteiger partial charge in [-0.05, 0) is 49.5 Å². The van der Waals surface area contributed by atoms with Gasteiger partial charge in [0.25, 0.3) is 10.2 Å². The van der Waals surface area contributed by atoms with Crippen molar-refractivity contribution in [1.29, 1.82) is 0 Å². The highest BCUT2D eigenvalue weighted by Gasteiger charge is 2.43. The lowest BCUT2D eigenvalue weighted by Crippen LogP contribution is -2.35. The number of ether oxygens (including phenoxy) is 2. The average molecular weight is 470 g/mol. The topological polar surface area (TPSA) is 105 Å².